The van der Waals surface area contributed by atoms with E-state index in [2.05, 4.69) is 9.46 Å². The van der Waals surface area contributed by atoms with Gasteiger partial charge in [-0.2, -0.15) is 0 Å². The molecule has 6 nitrogen and oxygen atoms in total. The Hall–Kier alpha value is -3.53. The average Bonchev–Trinajstić information content (AvgIpc) is 2.74. The number of aromatic carboxylic acids is 1. The van der Waals surface area contributed by atoms with E-state index in [1.54, 1.807) is 42.5 Å². The molecule has 0 amide bonds. The fourth-order valence-corrected chi connectivity index (χ4v) is 4.38. The molecule has 2 N–H and O–H groups in total. The van der Waals surface area contributed by atoms with Crippen molar-refractivity contribution in [1.82, 2.24) is 0 Å². The van der Waals surface area contributed by atoms with Gasteiger partial charge in [0.1, 0.15) is 5.75 Å². The third-order valence-electron chi connectivity index (χ3n) is 4.77. The van der Waals surface area contributed by atoms with E-state index in [9.17, 15) is 31.5 Å². The van der Waals surface area contributed by atoms with Gasteiger partial charge in [-0.15, -0.1) is 13.2 Å². The lowest BCUT2D eigenvalue weighted by Gasteiger charge is -2.14. The van der Waals surface area contributed by atoms with Gasteiger partial charge in [0.15, 0.2) is 0 Å². The average molecular weight is 479 g/mol. The number of carboxylic acids is 1. The van der Waals surface area contributed by atoms with Gasteiger partial charge in [0.2, 0.25) is 0 Å². The number of alkyl halides is 3. The molecule has 33 heavy (non-hydrogen) atoms. The van der Waals surface area contributed by atoms with Gasteiger partial charge >= 0.3 is 12.3 Å². The molecular weight excluding hydrogens is 459 g/mol. The number of hydrogen-bond acceptors (Lipinski definition) is 4. The Morgan fingerprint density at radius 2 is 1.45 bits per heavy atom. The molecule has 10 heteroatoms. The summed E-state index contributed by atoms with van der Waals surface area (Å²) in [4.78, 5) is 11.1. The Balaban J connectivity index is 1.71. The Bertz CT molecular complexity index is 1230. The summed E-state index contributed by atoms with van der Waals surface area (Å²) in [6.07, 6.45) is -3.33. The molecule has 0 aromatic heterocycles. The number of halogens is 3. The van der Waals surface area contributed by atoms with Crippen molar-refractivity contribution in [2.75, 3.05) is 4.72 Å². The van der Waals surface area contributed by atoms with Gasteiger partial charge in [-0.3, -0.25) is 4.72 Å². The Morgan fingerprint density at radius 1 is 0.879 bits per heavy atom. The molecule has 3 rings (SSSR count). The number of sulfonamides is 1. The van der Waals surface area contributed by atoms with E-state index < -0.39 is 28.1 Å². The van der Waals surface area contributed by atoms with E-state index in [0.717, 1.165) is 24.3 Å². The first kappa shape index (κ1) is 24.1. The molecule has 3 aromatic rings. The van der Waals surface area contributed by atoms with Crippen LogP contribution in [0.25, 0.3) is 0 Å². The fourth-order valence-electron chi connectivity index (χ4n) is 3.28. The van der Waals surface area contributed by atoms with Crippen LogP contribution in [0.15, 0.2) is 77.7 Å². The minimum Gasteiger partial charge on any atom is -0.478 e. The molecule has 0 unspecified atom stereocenters. The molecule has 0 aliphatic carbocycles. The summed E-state index contributed by atoms with van der Waals surface area (Å²) in [5, 5.41) is 9.29. The summed E-state index contributed by atoms with van der Waals surface area (Å²) in [5.41, 5.74) is 1.94. The largest absolute Gasteiger partial charge is 0.573 e. The van der Waals surface area contributed by atoms with Crippen molar-refractivity contribution < 1.29 is 36.2 Å². The number of rotatable bonds is 9. The SMILES string of the molecule is O=C(O)c1ccccc1CCCc1ccccc1NS(=O)(=O)c1ccc(OC(F)(F)F)cc1. The van der Waals surface area contributed by atoms with E-state index in [1.807, 2.05) is 0 Å². The van der Waals surface area contributed by atoms with Gasteiger partial charge in [-0.05, 0) is 66.8 Å². The highest BCUT2D eigenvalue weighted by atomic mass is 32.2. The lowest BCUT2D eigenvalue weighted by atomic mass is 9.99. The van der Waals surface area contributed by atoms with Crippen LogP contribution in [0.3, 0.4) is 0 Å². The third-order valence-corrected chi connectivity index (χ3v) is 6.15. The summed E-state index contributed by atoms with van der Waals surface area (Å²) in [7, 11) is -4.06. The van der Waals surface area contributed by atoms with Crippen molar-refractivity contribution >= 4 is 21.7 Å². The molecule has 0 saturated heterocycles. The summed E-state index contributed by atoms with van der Waals surface area (Å²) in [5.74, 6) is -1.53. The second kappa shape index (κ2) is 9.95. The van der Waals surface area contributed by atoms with Crippen molar-refractivity contribution in [2.24, 2.45) is 0 Å². The van der Waals surface area contributed by atoms with Crippen LogP contribution in [0.4, 0.5) is 18.9 Å². The van der Waals surface area contributed by atoms with Crippen LogP contribution < -0.4 is 9.46 Å². The highest BCUT2D eigenvalue weighted by molar-refractivity contribution is 7.92. The first-order chi connectivity index (χ1) is 15.5. The van der Waals surface area contributed by atoms with Crippen molar-refractivity contribution in [1.29, 1.82) is 0 Å². The number of carboxylic acid groups (broad SMARTS) is 1. The van der Waals surface area contributed by atoms with E-state index in [4.69, 9.17) is 0 Å². The van der Waals surface area contributed by atoms with Crippen molar-refractivity contribution in [3.63, 3.8) is 0 Å². The van der Waals surface area contributed by atoms with Crippen molar-refractivity contribution in [3.8, 4) is 5.75 Å². The molecule has 0 radical (unpaired) electrons. The fraction of sp³-hybridized carbons (Fsp3) is 0.174. The standard InChI is InChI=1S/C23H20F3NO5S/c24-23(25,26)32-18-12-14-19(15-13-18)33(30,31)27-21-11-4-2-7-17(21)9-5-8-16-6-1-3-10-20(16)22(28)29/h1-4,6-7,10-15,27H,5,8-9H2,(H,28,29). The number of anilines is 1. The number of ether oxygens (including phenoxy) is 1. The molecule has 0 saturated carbocycles. The van der Waals surface area contributed by atoms with Gasteiger partial charge in [0.25, 0.3) is 10.0 Å². The Labute approximate surface area is 188 Å². The van der Waals surface area contributed by atoms with Gasteiger partial charge in [-0.25, -0.2) is 13.2 Å². The van der Waals surface area contributed by atoms with Crippen LogP contribution in [0, 0.1) is 0 Å². The first-order valence-corrected chi connectivity index (χ1v) is 11.3. The normalized spacial score (nSPS) is 11.7. The van der Waals surface area contributed by atoms with Crippen LogP contribution in [-0.2, 0) is 22.9 Å². The number of aryl methyl sites for hydroxylation is 2. The van der Waals surface area contributed by atoms with Crippen LogP contribution in [0.1, 0.15) is 27.9 Å². The van der Waals surface area contributed by atoms with Crippen molar-refractivity contribution in [3.05, 3.63) is 89.5 Å². The van der Waals surface area contributed by atoms with Gasteiger partial charge in [0, 0.05) is 0 Å². The maximum Gasteiger partial charge on any atom is 0.573 e. The number of nitrogens with one attached hydrogen (secondary N) is 1. The zero-order valence-corrected chi connectivity index (χ0v) is 18.0. The summed E-state index contributed by atoms with van der Waals surface area (Å²) in [6.45, 7) is 0. The molecule has 0 bridgehead atoms. The summed E-state index contributed by atoms with van der Waals surface area (Å²) in [6, 6.07) is 17.3. The number of carbonyl (C=O) groups is 1. The van der Waals surface area contributed by atoms with E-state index in [-0.39, 0.29) is 10.5 Å². The highest BCUT2D eigenvalue weighted by Gasteiger charge is 2.31. The Morgan fingerprint density at radius 3 is 2.09 bits per heavy atom. The monoisotopic (exact) mass is 479 g/mol. The number of para-hydroxylation sites is 1. The molecule has 0 heterocycles. The summed E-state index contributed by atoms with van der Waals surface area (Å²) < 4.78 is 68.6. The van der Waals surface area contributed by atoms with Gasteiger partial charge < -0.3 is 9.84 Å². The number of hydrogen-bond donors (Lipinski definition) is 2. The third kappa shape index (κ3) is 6.72. The zero-order chi connectivity index (χ0) is 24.1. The topological polar surface area (TPSA) is 92.7 Å². The molecule has 0 atom stereocenters. The van der Waals surface area contributed by atoms with E-state index >= 15 is 0 Å². The first-order valence-electron chi connectivity index (χ1n) is 9.83. The van der Waals surface area contributed by atoms with E-state index in [1.165, 1.54) is 6.07 Å². The maximum atomic E-state index is 12.7. The molecule has 0 fully saturated rings. The minimum atomic E-state index is -4.87. The highest BCUT2D eigenvalue weighted by Crippen LogP contribution is 2.26. The molecule has 174 valence electrons. The number of benzene rings is 3. The van der Waals surface area contributed by atoms with Crippen molar-refractivity contribution in [2.45, 2.75) is 30.5 Å². The molecule has 3 aromatic carbocycles. The Kier molecular flexibility index (Phi) is 7.27. The van der Waals surface area contributed by atoms with E-state index in [0.29, 0.717) is 36.1 Å². The zero-order valence-electron chi connectivity index (χ0n) is 17.2. The maximum absolute atomic E-state index is 12.7. The van der Waals surface area contributed by atoms with Crippen LogP contribution in [-0.4, -0.2) is 25.9 Å². The molecule has 0 aliphatic heterocycles. The van der Waals surface area contributed by atoms with Gasteiger partial charge in [0.05, 0.1) is 16.1 Å². The smallest absolute Gasteiger partial charge is 0.478 e. The van der Waals surface area contributed by atoms with Crippen LogP contribution in [0.5, 0.6) is 5.75 Å². The van der Waals surface area contributed by atoms with Gasteiger partial charge in [-0.1, -0.05) is 36.4 Å². The minimum absolute atomic E-state index is 0.220. The lowest BCUT2D eigenvalue weighted by Crippen LogP contribution is -2.17. The quantitative estimate of drug-likeness (QED) is 0.437. The molecule has 0 spiro atoms. The summed E-state index contributed by atoms with van der Waals surface area (Å²) >= 11 is 0. The predicted octanol–water partition coefficient (Wildman–Crippen LogP) is 5.26. The van der Waals surface area contributed by atoms with Crippen LogP contribution in [0.2, 0.25) is 0 Å². The predicted molar refractivity (Wildman–Crippen MR) is 116 cm³/mol. The molecule has 0 aliphatic rings. The second-order valence-corrected chi connectivity index (χ2v) is 8.78. The van der Waals surface area contributed by atoms with Crippen LogP contribution >= 0.6 is 0 Å². The molecular formula is C23H20F3NO5S. The lowest BCUT2D eigenvalue weighted by molar-refractivity contribution is -0.274. The second-order valence-electron chi connectivity index (χ2n) is 7.10.